The molecule has 0 spiro atoms. The Morgan fingerprint density at radius 2 is 2.27 bits per heavy atom. The molecule has 1 fully saturated rings. The van der Waals surface area contributed by atoms with Gasteiger partial charge in [-0.15, -0.1) is 12.6 Å². The lowest BCUT2D eigenvalue weighted by atomic mass is 10.1. The topological polar surface area (TPSA) is 0 Å². The Labute approximate surface area is 72.0 Å². The average molecular weight is 162 g/mol. The van der Waals surface area contributed by atoms with Crippen LogP contribution in [0.5, 0.6) is 0 Å². The van der Waals surface area contributed by atoms with Gasteiger partial charge in [0.1, 0.15) is 0 Å². The molecular weight excluding hydrogens is 152 g/mol. The maximum atomic E-state index is 4.45. The first-order valence-electron chi connectivity index (χ1n) is 4.17. The Bertz CT molecular complexity index is 317. The summed E-state index contributed by atoms with van der Waals surface area (Å²) in [6, 6.07) is 6.50. The van der Waals surface area contributed by atoms with Crippen LogP contribution in [0.15, 0.2) is 23.1 Å². The van der Waals surface area contributed by atoms with Crippen molar-refractivity contribution < 1.29 is 0 Å². The Morgan fingerprint density at radius 1 is 1.36 bits per heavy atom. The van der Waals surface area contributed by atoms with E-state index in [1.54, 1.807) is 5.56 Å². The lowest BCUT2D eigenvalue weighted by Crippen LogP contribution is -1.87. The predicted molar refractivity (Wildman–Crippen MR) is 48.2 cm³/mol. The molecule has 56 valence electrons. The van der Waals surface area contributed by atoms with Crippen molar-refractivity contribution in [3.05, 3.63) is 29.3 Å². The normalized spacial score (nSPS) is 31.4. The van der Waals surface area contributed by atoms with E-state index in [9.17, 15) is 0 Å². The summed E-state index contributed by atoms with van der Waals surface area (Å²) in [6.45, 7) is 0. The molecule has 0 saturated heterocycles. The minimum absolute atomic E-state index is 0.914. The summed E-state index contributed by atoms with van der Waals surface area (Å²) in [5, 5.41) is 0. The molecule has 0 N–H and O–H groups in total. The molecule has 0 aromatic heterocycles. The van der Waals surface area contributed by atoms with Crippen molar-refractivity contribution in [2.75, 3.05) is 0 Å². The van der Waals surface area contributed by atoms with Crippen molar-refractivity contribution in [2.24, 2.45) is 5.92 Å². The van der Waals surface area contributed by atoms with Gasteiger partial charge in [0.05, 0.1) is 0 Å². The fourth-order valence-electron chi connectivity index (χ4n) is 2.28. The monoisotopic (exact) mass is 162 g/mol. The van der Waals surface area contributed by atoms with Crippen molar-refractivity contribution in [3.8, 4) is 0 Å². The maximum Gasteiger partial charge on any atom is 0.00750 e. The lowest BCUT2D eigenvalue weighted by molar-refractivity contribution is 0.846. The zero-order chi connectivity index (χ0) is 7.42. The number of hydrogen-bond acceptors (Lipinski definition) is 1. The summed E-state index contributed by atoms with van der Waals surface area (Å²) < 4.78 is 0. The first-order chi connectivity index (χ1) is 5.36. The van der Waals surface area contributed by atoms with E-state index in [0.717, 1.165) is 11.8 Å². The minimum Gasteiger partial charge on any atom is -0.143 e. The van der Waals surface area contributed by atoms with Gasteiger partial charge in [-0.2, -0.15) is 0 Å². The van der Waals surface area contributed by atoms with Gasteiger partial charge in [-0.25, -0.2) is 0 Å². The maximum absolute atomic E-state index is 4.45. The van der Waals surface area contributed by atoms with Gasteiger partial charge in [-0.05, 0) is 41.9 Å². The van der Waals surface area contributed by atoms with E-state index in [0.29, 0.717) is 0 Å². The molecule has 0 nitrogen and oxygen atoms in total. The van der Waals surface area contributed by atoms with E-state index in [4.69, 9.17) is 0 Å². The molecule has 2 atom stereocenters. The lowest BCUT2D eigenvalue weighted by Gasteiger charge is -2.04. The molecule has 2 aliphatic rings. The number of benzene rings is 1. The van der Waals surface area contributed by atoms with Crippen LogP contribution < -0.4 is 0 Å². The van der Waals surface area contributed by atoms with E-state index in [-0.39, 0.29) is 0 Å². The van der Waals surface area contributed by atoms with E-state index in [1.807, 2.05) is 0 Å². The zero-order valence-electron chi connectivity index (χ0n) is 6.25. The largest absolute Gasteiger partial charge is 0.143 e. The fourth-order valence-corrected chi connectivity index (χ4v) is 2.58. The molecule has 2 aliphatic carbocycles. The summed E-state index contributed by atoms with van der Waals surface area (Å²) in [4.78, 5) is 1.20. The number of fused-ring (bicyclic) bond motifs is 3. The molecule has 3 rings (SSSR count). The highest BCUT2D eigenvalue weighted by Gasteiger charge is 2.45. The number of rotatable bonds is 0. The van der Waals surface area contributed by atoms with Gasteiger partial charge in [0, 0.05) is 4.90 Å². The molecular formula is C10H10S. The standard InChI is InChI=1S/C10H10S/c11-10-3-1-2-7-8-4-6(8)5-9(7)10/h1-3,6,8,11H,4-5H2. The van der Waals surface area contributed by atoms with Crippen LogP contribution in [-0.2, 0) is 6.42 Å². The van der Waals surface area contributed by atoms with Crippen molar-refractivity contribution in [1.29, 1.82) is 0 Å². The molecule has 1 aromatic rings. The van der Waals surface area contributed by atoms with Gasteiger partial charge in [-0.1, -0.05) is 12.1 Å². The third-order valence-electron chi connectivity index (χ3n) is 2.98. The molecule has 0 radical (unpaired) electrons. The SMILES string of the molecule is Sc1cccc2c1CC1CC21. The van der Waals surface area contributed by atoms with E-state index >= 15 is 0 Å². The molecule has 1 heteroatoms. The third kappa shape index (κ3) is 0.721. The van der Waals surface area contributed by atoms with Crippen LogP contribution in [0, 0.1) is 5.92 Å². The highest BCUT2D eigenvalue weighted by molar-refractivity contribution is 7.80. The minimum atomic E-state index is 0.914. The van der Waals surface area contributed by atoms with Crippen LogP contribution in [-0.4, -0.2) is 0 Å². The highest BCUT2D eigenvalue weighted by Crippen LogP contribution is 2.57. The van der Waals surface area contributed by atoms with Crippen LogP contribution in [0.1, 0.15) is 23.5 Å². The summed E-state index contributed by atoms with van der Waals surface area (Å²) in [6.07, 6.45) is 2.73. The molecule has 0 bridgehead atoms. The smallest absolute Gasteiger partial charge is 0.00750 e. The summed E-state index contributed by atoms with van der Waals surface area (Å²) in [5.74, 6) is 1.90. The molecule has 11 heavy (non-hydrogen) atoms. The second-order valence-corrected chi connectivity index (χ2v) is 4.13. The van der Waals surface area contributed by atoms with Crippen molar-refractivity contribution >= 4 is 12.6 Å². The van der Waals surface area contributed by atoms with Gasteiger partial charge in [-0.3, -0.25) is 0 Å². The summed E-state index contributed by atoms with van der Waals surface area (Å²) in [5.41, 5.74) is 3.11. The Balaban J connectivity index is 2.24. The number of hydrogen-bond donors (Lipinski definition) is 1. The number of thiol groups is 1. The molecule has 0 aliphatic heterocycles. The first-order valence-corrected chi connectivity index (χ1v) is 4.62. The van der Waals surface area contributed by atoms with Crippen LogP contribution >= 0.6 is 12.6 Å². The average Bonchev–Trinajstić information content (AvgIpc) is 2.67. The Morgan fingerprint density at radius 3 is 3.09 bits per heavy atom. The van der Waals surface area contributed by atoms with E-state index < -0.39 is 0 Å². The van der Waals surface area contributed by atoms with Crippen LogP contribution in [0.25, 0.3) is 0 Å². The van der Waals surface area contributed by atoms with Crippen LogP contribution in [0.4, 0.5) is 0 Å². The van der Waals surface area contributed by atoms with Crippen LogP contribution in [0.2, 0.25) is 0 Å². The first kappa shape index (κ1) is 6.13. The fraction of sp³-hybridized carbons (Fsp3) is 0.400. The highest BCUT2D eigenvalue weighted by atomic mass is 32.1. The summed E-state index contributed by atoms with van der Waals surface area (Å²) in [7, 11) is 0. The van der Waals surface area contributed by atoms with Gasteiger partial charge in [0.15, 0.2) is 0 Å². The van der Waals surface area contributed by atoms with Crippen molar-refractivity contribution in [3.63, 3.8) is 0 Å². The van der Waals surface area contributed by atoms with Gasteiger partial charge >= 0.3 is 0 Å². The third-order valence-corrected chi connectivity index (χ3v) is 3.39. The van der Waals surface area contributed by atoms with Crippen molar-refractivity contribution in [2.45, 2.75) is 23.7 Å². The summed E-state index contributed by atoms with van der Waals surface area (Å²) >= 11 is 4.45. The second kappa shape index (κ2) is 1.84. The molecule has 1 aromatic carbocycles. The Kier molecular flexibility index (Phi) is 1.02. The van der Waals surface area contributed by atoms with Crippen LogP contribution in [0.3, 0.4) is 0 Å². The molecule has 0 heterocycles. The Hall–Kier alpha value is -0.430. The van der Waals surface area contributed by atoms with Gasteiger partial charge < -0.3 is 0 Å². The van der Waals surface area contributed by atoms with Gasteiger partial charge in [0.25, 0.3) is 0 Å². The molecule has 2 unspecified atom stereocenters. The van der Waals surface area contributed by atoms with Crippen molar-refractivity contribution in [1.82, 2.24) is 0 Å². The molecule has 0 amide bonds. The van der Waals surface area contributed by atoms with E-state index in [2.05, 4.69) is 30.8 Å². The van der Waals surface area contributed by atoms with E-state index in [1.165, 1.54) is 23.3 Å². The zero-order valence-corrected chi connectivity index (χ0v) is 7.14. The quantitative estimate of drug-likeness (QED) is 0.557. The predicted octanol–water partition coefficient (Wildman–Crippen LogP) is 2.63. The molecule has 1 saturated carbocycles. The second-order valence-electron chi connectivity index (χ2n) is 3.65. The van der Waals surface area contributed by atoms with Gasteiger partial charge in [0.2, 0.25) is 0 Å².